The van der Waals surface area contributed by atoms with Crippen LogP contribution in [0.2, 0.25) is 0 Å². The van der Waals surface area contributed by atoms with Gasteiger partial charge < -0.3 is 14.9 Å². The maximum atomic E-state index is 12.3. The first-order chi connectivity index (χ1) is 12.6. The van der Waals surface area contributed by atoms with Gasteiger partial charge in [0.1, 0.15) is 22.8 Å². The van der Waals surface area contributed by atoms with Crippen molar-refractivity contribution in [1.29, 1.82) is 0 Å². The number of hydrogen-bond donors (Lipinski definition) is 1. The normalized spacial score (nSPS) is 11.2. The van der Waals surface area contributed by atoms with Crippen molar-refractivity contribution in [3.05, 3.63) is 60.9 Å². The summed E-state index contributed by atoms with van der Waals surface area (Å²) >= 11 is 0. The summed E-state index contributed by atoms with van der Waals surface area (Å²) in [5, 5.41) is 0. The molecular formula is C19H13F2N3O2. The number of halogens is 2. The minimum atomic E-state index is -2.85. The molecule has 4 aromatic rings. The molecule has 2 N–H and O–H groups in total. The molecule has 0 aliphatic rings. The Morgan fingerprint density at radius 2 is 1.73 bits per heavy atom. The number of alkyl halides is 2. The molecule has 0 spiro atoms. The quantitative estimate of drug-likeness (QED) is 0.573. The van der Waals surface area contributed by atoms with E-state index in [0.29, 0.717) is 22.7 Å². The zero-order chi connectivity index (χ0) is 18.1. The number of fused-ring (bicyclic) bond motifs is 1. The third-order valence-electron chi connectivity index (χ3n) is 3.87. The smallest absolute Gasteiger partial charge is 0.387 e. The maximum Gasteiger partial charge on any atom is 0.387 e. The Balaban J connectivity index is 1.74. The van der Waals surface area contributed by atoms with Crippen molar-refractivity contribution in [3.8, 4) is 28.2 Å². The van der Waals surface area contributed by atoms with E-state index in [4.69, 9.17) is 10.2 Å². The number of anilines is 1. The van der Waals surface area contributed by atoms with E-state index in [0.717, 1.165) is 16.7 Å². The van der Waals surface area contributed by atoms with Gasteiger partial charge in [-0.1, -0.05) is 0 Å². The average Bonchev–Trinajstić information content (AvgIpc) is 3.07. The van der Waals surface area contributed by atoms with E-state index in [9.17, 15) is 8.78 Å². The molecule has 7 heteroatoms. The molecule has 26 heavy (non-hydrogen) atoms. The van der Waals surface area contributed by atoms with Crippen molar-refractivity contribution in [2.24, 2.45) is 0 Å². The number of nitrogens with zero attached hydrogens (tertiary/aromatic N) is 2. The van der Waals surface area contributed by atoms with Crippen molar-refractivity contribution in [1.82, 2.24) is 9.97 Å². The standard InChI is InChI=1S/C19H13F2N3O2/c20-19(21)25-13-4-1-11(2-5-13)16-9-15-18(26-16)14(7-8-23-15)12-3-6-17(22)24-10-12/h1-10,19H,(H2,22,24). The molecule has 3 heterocycles. The summed E-state index contributed by atoms with van der Waals surface area (Å²) in [7, 11) is 0. The predicted molar refractivity (Wildman–Crippen MR) is 93.7 cm³/mol. The highest BCUT2D eigenvalue weighted by molar-refractivity contribution is 5.92. The number of hydrogen-bond acceptors (Lipinski definition) is 5. The van der Waals surface area contributed by atoms with Crippen LogP contribution in [0.25, 0.3) is 33.6 Å². The Hall–Kier alpha value is -3.48. The molecule has 0 aliphatic carbocycles. The zero-order valence-corrected chi connectivity index (χ0v) is 13.4. The van der Waals surface area contributed by atoms with Crippen molar-refractivity contribution >= 4 is 16.9 Å². The predicted octanol–water partition coefficient (Wildman–Crippen LogP) is 4.74. The first-order valence-electron chi connectivity index (χ1n) is 7.76. The Bertz CT molecular complexity index is 1040. The second-order valence-electron chi connectivity index (χ2n) is 5.56. The molecule has 0 atom stereocenters. The highest BCUT2D eigenvalue weighted by atomic mass is 19.3. The van der Waals surface area contributed by atoms with Crippen LogP contribution in [0.1, 0.15) is 0 Å². The fourth-order valence-corrected chi connectivity index (χ4v) is 2.67. The third kappa shape index (κ3) is 3.06. The molecule has 0 unspecified atom stereocenters. The van der Waals surface area contributed by atoms with Crippen LogP contribution in [0, 0.1) is 0 Å². The average molecular weight is 353 g/mol. The van der Waals surface area contributed by atoms with Crippen LogP contribution in [0.4, 0.5) is 14.6 Å². The minimum Gasteiger partial charge on any atom is -0.454 e. The van der Waals surface area contributed by atoms with Crippen LogP contribution in [0.3, 0.4) is 0 Å². The number of nitrogen functional groups attached to an aromatic ring is 1. The molecule has 5 nitrogen and oxygen atoms in total. The number of furan rings is 1. The largest absolute Gasteiger partial charge is 0.454 e. The zero-order valence-electron chi connectivity index (χ0n) is 13.4. The molecule has 0 radical (unpaired) electrons. The van der Waals surface area contributed by atoms with E-state index in [-0.39, 0.29) is 5.75 Å². The van der Waals surface area contributed by atoms with Crippen LogP contribution in [0.15, 0.2) is 65.3 Å². The van der Waals surface area contributed by atoms with Gasteiger partial charge in [-0.05, 0) is 42.5 Å². The Kier molecular flexibility index (Phi) is 3.96. The van der Waals surface area contributed by atoms with Crippen molar-refractivity contribution in [2.75, 3.05) is 5.73 Å². The lowest BCUT2D eigenvalue weighted by atomic mass is 10.1. The van der Waals surface area contributed by atoms with Gasteiger partial charge in [0.05, 0.1) is 0 Å². The highest BCUT2D eigenvalue weighted by Crippen LogP contribution is 2.34. The first-order valence-corrected chi connectivity index (χ1v) is 7.76. The van der Waals surface area contributed by atoms with E-state index in [1.165, 1.54) is 12.1 Å². The van der Waals surface area contributed by atoms with Crippen molar-refractivity contribution in [3.63, 3.8) is 0 Å². The molecule has 130 valence electrons. The maximum absolute atomic E-state index is 12.3. The summed E-state index contributed by atoms with van der Waals surface area (Å²) < 4.78 is 34.8. The van der Waals surface area contributed by atoms with Crippen LogP contribution >= 0.6 is 0 Å². The Morgan fingerprint density at radius 1 is 0.962 bits per heavy atom. The SMILES string of the molecule is Nc1ccc(-c2ccnc3cc(-c4ccc(OC(F)F)cc4)oc23)cn1. The molecule has 3 aromatic heterocycles. The van der Waals surface area contributed by atoms with Gasteiger partial charge in [0.2, 0.25) is 0 Å². The van der Waals surface area contributed by atoms with Crippen LogP contribution in [0.5, 0.6) is 5.75 Å². The molecule has 4 rings (SSSR count). The van der Waals surface area contributed by atoms with Gasteiger partial charge in [-0.25, -0.2) is 4.98 Å². The summed E-state index contributed by atoms with van der Waals surface area (Å²) in [5.41, 5.74) is 9.35. The van der Waals surface area contributed by atoms with E-state index < -0.39 is 6.61 Å². The lowest BCUT2D eigenvalue weighted by Gasteiger charge is -2.04. The molecule has 0 aliphatic heterocycles. The first kappa shape index (κ1) is 16.0. The third-order valence-corrected chi connectivity index (χ3v) is 3.87. The molecular weight excluding hydrogens is 340 g/mol. The van der Waals surface area contributed by atoms with E-state index in [1.54, 1.807) is 36.7 Å². The van der Waals surface area contributed by atoms with E-state index in [2.05, 4.69) is 14.7 Å². The lowest BCUT2D eigenvalue weighted by molar-refractivity contribution is -0.0498. The van der Waals surface area contributed by atoms with Gasteiger partial charge in [-0.2, -0.15) is 8.78 Å². The summed E-state index contributed by atoms with van der Waals surface area (Å²) in [6.07, 6.45) is 3.36. The van der Waals surface area contributed by atoms with E-state index in [1.807, 2.05) is 12.1 Å². The molecule has 0 bridgehead atoms. The second kappa shape index (κ2) is 6.44. The summed E-state index contributed by atoms with van der Waals surface area (Å²) in [5.74, 6) is 1.10. The highest BCUT2D eigenvalue weighted by Gasteiger charge is 2.13. The summed E-state index contributed by atoms with van der Waals surface area (Å²) in [6, 6.07) is 13.4. The lowest BCUT2D eigenvalue weighted by Crippen LogP contribution is -2.01. The Morgan fingerprint density at radius 3 is 2.42 bits per heavy atom. The number of nitrogens with two attached hydrogens (primary N) is 1. The molecule has 0 saturated heterocycles. The summed E-state index contributed by atoms with van der Waals surface area (Å²) in [4.78, 5) is 8.43. The number of pyridine rings is 2. The van der Waals surface area contributed by atoms with E-state index >= 15 is 0 Å². The van der Waals surface area contributed by atoms with Gasteiger partial charge in [-0.15, -0.1) is 0 Å². The van der Waals surface area contributed by atoms with Gasteiger partial charge in [0.15, 0.2) is 5.58 Å². The van der Waals surface area contributed by atoms with Crippen LogP contribution in [-0.4, -0.2) is 16.6 Å². The number of ether oxygens (including phenoxy) is 1. The van der Waals surface area contributed by atoms with Crippen LogP contribution < -0.4 is 10.5 Å². The summed E-state index contributed by atoms with van der Waals surface area (Å²) in [6.45, 7) is -2.85. The topological polar surface area (TPSA) is 74.2 Å². The Labute approximate surface area is 147 Å². The van der Waals surface area contributed by atoms with Crippen molar-refractivity contribution < 1.29 is 17.9 Å². The molecule has 1 aromatic carbocycles. The number of rotatable bonds is 4. The minimum absolute atomic E-state index is 0.0895. The number of benzene rings is 1. The second-order valence-corrected chi connectivity index (χ2v) is 5.56. The number of aromatic nitrogens is 2. The fraction of sp³-hybridized carbons (Fsp3) is 0.0526. The van der Waals surface area contributed by atoms with Gasteiger partial charge in [0.25, 0.3) is 0 Å². The monoisotopic (exact) mass is 353 g/mol. The molecule has 0 saturated carbocycles. The van der Waals surface area contributed by atoms with Gasteiger partial charge in [-0.3, -0.25) is 4.98 Å². The van der Waals surface area contributed by atoms with Gasteiger partial charge >= 0.3 is 6.61 Å². The van der Waals surface area contributed by atoms with Gasteiger partial charge in [0, 0.05) is 35.2 Å². The van der Waals surface area contributed by atoms with Crippen LogP contribution in [-0.2, 0) is 0 Å². The fourth-order valence-electron chi connectivity index (χ4n) is 2.67. The molecule has 0 amide bonds. The van der Waals surface area contributed by atoms with Crippen molar-refractivity contribution in [2.45, 2.75) is 6.61 Å². The molecule has 0 fully saturated rings.